The smallest absolute Gasteiger partial charge is 0.144 e. The van der Waals surface area contributed by atoms with E-state index in [0.717, 1.165) is 23.7 Å². The Morgan fingerprint density at radius 3 is 2.89 bits per heavy atom. The Kier molecular flexibility index (Phi) is 4.53. The maximum atomic E-state index is 6.20. The van der Waals surface area contributed by atoms with Crippen molar-refractivity contribution in [2.24, 2.45) is 0 Å². The van der Waals surface area contributed by atoms with Crippen LogP contribution in [-0.4, -0.2) is 44.7 Å². The van der Waals surface area contributed by atoms with Gasteiger partial charge in [0.25, 0.3) is 0 Å². The summed E-state index contributed by atoms with van der Waals surface area (Å²) in [4.78, 5) is 4.67. The maximum Gasteiger partial charge on any atom is 0.144 e. The summed E-state index contributed by atoms with van der Waals surface area (Å²) >= 11 is 0. The molecule has 0 radical (unpaired) electrons. The first kappa shape index (κ1) is 14.0. The van der Waals surface area contributed by atoms with E-state index in [9.17, 15) is 0 Å². The number of rotatable bonds is 5. The lowest BCUT2D eigenvalue weighted by atomic mass is 10.2. The Labute approximate surface area is 116 Å². The number of nitrogens with two attached hydrogens (primary N) is 1. The van der Waals surface area contributed by atoms with Gasteiger partial charge in [0.05, 0.1) is 18.0 Å². The van der Waals surface area contributed by atoms with Crippen molar-refractivity contribution in [3.05, 3.63) is 18.2 Å². The van der Waals surface area contributed by atoms with Crippen molar-refractivity contribution in [1.82, 2.24) is 4.90 Å². The van der Waals surface area contributed by atoms with E-state index in [2.05, 4.69) is 30.0 Å². The van der Waals surface area contributed by atoms with Gasteiger partial charge in [-0.1, -0.05) is 6.07 Å². The van der Waals surface area contributed by atoms with Crippen LogP contribution in [0.25, 0.3) is 0 Å². The van der Waals surface area contributed by atoms with Gasteiger partial charge in [0.2, 0.25) is 0 Å². The van der Waals surface area contributed by atoms with Gasteiger partial charge in [-0.25, -0.2) is 0 Å². The number of anilines is 2. The first-order valence-electron chi connectivity index (χ1n) is 7.06. The largest absolute Gasteiger partial charge is 0.492 e. The lowest BCUT2D eigenvalue weighted by Crippen LogP contribution is -2.36. The molecular weight excluding hydrogens is 238 g/mol. The number of likely N-dealkylation sites (N-methyl/N-ethyl adjacent to an activating group) is 2. The number of benzene rings is 1. The average molecular weight is 263 g/mol. The molecule has 1 aliphatic rings. The molecule has 1 fully saturated rings. The van der Waals surface area contributed by atoms with Gasteiger partial charge in [-0.3, -0.25) is 0 Å². The van der Waals surface area contributed by atoms with Crippen molar-refractivity contribution in [1.29, 1.82) is 0 Å². The van der Waals surface area contributed by atoms with E-state index in [-0.39, 0.29) is 0 Å². The van der Waals surface area contributed by atoms with Crippen LogP contribution in [0.3, 0.4) is 0 Å². The first-order chi connectivity index (χ1) is 9.13. The number of nitrogens with zero attached hydrogens (tertiary/aromatic N) is 2. The number of likely N-dealkylation sites (tertiary alicyclic amines) is 1. The molecule has 2 N–H and O–H groups in total. The second-order valence-electron chi connectivity index (χ2n) is 5.28. The Morgan fingerprint density at radius 1 is 1.47 bits per heavy atom. The second-order valence-corrected chi connectivity index (χ2v) is 5.28. The van der Waals surface area contributed by atoms with Gasteiger partial charge in [0.1, 0.15) is 5.75 Å². The lowest BCUT2D eigenvalue weighted by Gasteiger charge is -2.28. The van der Waals surface area contributed by atoms with Crippen molar-refractivity contribution in [3.8, 4) is 5.75 Å². The van der Waals surface area contributed by atoms with Crippen molar-refractivity contribution >= 4 is 11.4 Å². The van der Waals surface area contributed by atoms with Crippen LogP contribution in [0.1, 0.15) is 19.8 Å². The van der Waals surface area contributed by atoms with E-state index in [4.69, 9.17) is 10.5 Å². The molecule has 2 rings (SSSR count). The minimum absolute atomic E-state index is 0.625. The molecule has 0 aromatic heterocycles. The average Bonchev–Trinajstić information content (AvgIpc) is 2.78. The quantitative estimate of drug-likeness (QED) is 0.827. The summed E-state index contributed by atoms with van der Waals surface area (Å²) in [5.41, 5.74) is 8.00. The summed E-state index contributed by atoms with van der Waals surface area (Å²) in [5, 5.41) is 0. The Morgan fingerprint density at radius 2 is 2.26 bits per heavy atom. The van der Waals surface area contributed by atoms with Crippen LogP contribution in [0.15, 0.2) is 18.2 Å². The van der Waals surface area contributed by atoms with Crippen molar-refractivity contribution in [2.45, 2.75) is 25.8 Å². The van der Waals surface area contributed by atoms with Gasteiger partial charge in [0, 0.05) is 19.6 Å². The summed E-state index contributed by atoms with van der Waals surface area (Å²) in [6.07, 6.45) is 2.56. The van der Waals surface area contributed by atoms with Crippen molar-refractivity contribution in [3.63, 3.8) is 0 Å². The van der Waals surface area contributed by atoms with Gasteiger partial charge in [-0.05, 0) is 45.5 Å². The highest BCUT2D eigenvalue weighted by Crippen LogP contribution is 2.32. The number of nitrogen functional groups attached to an aromatic ring is 1. The number of ether oxygens (including phenoxy) is 1. The molecule has 1 aromatic carbocycles. The van der Waals surface area contributed by atoms with Crippen LogP contribution < -0.4 is 15.4 Å². The molecule has 1 aromatic rings. The standard InChI is InChI=1S/C15H25N3O/c1-4-19-14-9-5-8-13(15(14)16)18(3)11-12-7-6-10-17(12)2/h5,8-9,12H,4,6-7,10-11,16H2,1-3H3. The van der Waals surface area contributed by atoms with Crippen molar-refractivity contribution < 1.29 is 4.74 Å². The van der Waals surface area contributed by atoms with E-state index in [1.165, 1.54) is 19.4 Å². The number of hydrogen-bond acceptors (Lipinski definition) is 4. The molecule has 0 amide bonds. The highest BCUT2D eigenvalue weighted by atomic mass is 16.5. The molecule has 1 saturated heterocycles. The molecule has 1 atom stereocenters. The van der Waals surface area contributed by atoms with E-state index in [1.807, 2.05) is 19.1 Å². The number of para-hydroxylation sites is 1. The third-order valence-electron chi connectivity index (χ3n) is 3.91. The van der Waals surface area contributed by atoms with Gasteiger partial charge >= 0.3 is 0 Å². The molecule has 106 valence electrons. The highest BCUT2D eigenvalue weighted by Gasteiger charge is 2.23. The van der Waals surface area contributed by atoms with Crippen LogP contribution in [0.2, 0.25) is 0 Å². The van der Waals surface area contributed by atoms with Crippen LogP contribution >= 0.6 is 0 Å². The molecule has 0 bridgehead atoms. The van der Waals surface area contributed by atoms with Crippen LogP contribution in [0.4, 0.5) is 11.4 Å². The zero-order valence-electron chi connectivity index (χ0n) is 12.2. The Balaban J connectivity index is 2.10. The van der Waals surface area contributed by atoms with E-state index in [1.54, 1.807) is 0 Å². The van der Waals surface area contributed by atoms with Gasteiger partial charge in [-0.2, -0.15) is 0 Å². The zero-order chi connectivity index (χ0) is 13.8. The molecule has 0 aliphatic carbocycles. The summed E-state index contributed by atoms with van der Waals surface area (Å²) in [7, 11) is 4.30. The molecule has 0 saturated carbocycles. The molecular formula is C15H25N3O. The summed E-state index contributed by atoms with van der Waals surface area (Å²) in [6.45, 7) is 4.83. The lowest BCUT2D eigenvalue weighted by molar-refractivity contribution is 0.314. The molecule has 0 spiro atoms. The van der Waals surface area contributed by atoms with Gasteiger partial charge in [0.15, 0.2) is 0 Å². The topological polar surface area (TPSA) is 41.7 Å². The summed E-state index contributed by atoms with van der Waals surface area (Å²) in [5.74, 6) is 0.784. The predicted octanol–water partition coefficient (Wildman–Crippen LogP) is 2.20. The highest BCUT2D eigenvalue weighted by molar-refractivity contribution is 5.73. The molecule has 19 heavy (non-hydrogen) atoms. The summed E-state index contributed by atoms with van der Waals surface area (Å²) in [6, 6.07) is 6.62. The molecule has 4 heteroatoms. The fraction of sp³-hybridized carbons (Fsp3) is 0.600. The minimum atomic E-state index is 0.625. The van der Waals surface area contributed by atoms with Gasteiger partial charge < -0.3 is 20.3 Å². The molecule has 1 unspecified atom stereocenters. The van der Waals surface area contributed by atoms with Crippen LogP contribution in [0, 0.1) is 0 Å². The van der Waals surface area contributed by atoms with E-state index >= 15 is 0 Å². The Bertz CT molecular complexity index is 422. The van der Waals surface area contributed by atoms with Crippen LogP contribution in [0.5, 0.6) is 5.75 Å². The monoisotopic (exact) mass is 263 g/mol. The minimum Gasteiger partial charge on any atom is -0.492 e. The fourth-order valence-electron chi connectivity index (χ4n) is 2.77. The molecule has 4 nitrogen and oxygen atoms in total. The van der Waals surface area contributed by atoms with Crippen LogP contribution in [-0.2, 0) is 0 Å². The van der Waals surface area contributed by atoms with E-state index in [0.29, 0.717) is 12.6 Å². The first-order valence-corrected chi connectivity index (χ1v) is 7.06. The third kappa shape index (κ3) is 3.13. The number of hydrogen-bond donors (Lipinski definition) is 1. The maximum absolute atomic E-state index is 6.20. The Hall–Kier alpha value is -1.42. The predicted molar refractivity (Wildman–Crippen MR) is 80.9 cm³/mol. The SMILES string of the molecule is CCOc1cccc(N(C)CC2CCCN2C)c1N. The zero-order valence-corrected chi connectivity index (χ0v) is 12.2. The van der Waals surface area contributed by atoms with Gasteiger partial charge in [-0.15, -0.1) is 0 Å². The second kappa shape index (κ2) is 6.15. The molecule has 1 heterocycles. The van der Waals surface area contributed by atoms with E-state index < -0.39 is 0 Å². The third-order valence-corrected chi connectivity index (χ3v) is 3.91. The normalized spacial score (nSPS) is 19.6. The van der Waals surface area contributed by atoms with Crippen molar-refractivity contribution in [2.75, 3.05) is 44.4 Å². The molecule has 1 aliphatic heterocycles. The summed E-state index contributed by atoms with van der Waals surface area (Å²) < 4.78 is 5.56. The fourth-order valence-corrected chi connectivity index (χ4v) is 2.77.